The van der Waals surface area contributed by atoms with Gasteiger partial charge in [-0.1, -0.05) is 0 Å². The summed E-state index contributed by atoms with van der Waals surface area (Å²) in [5, 5.41) is 0. The van der Waals surface area contributed by atoms with Crippen LogP contribution in [-0.2, 0) is 14.8 Å². The fourth-order valence-electron chi connectivity index (χ4n) is 1.58. The summed E-state index contributed by atoms with van der Waals surface area (Å²) in [7, 11) is -0.991. The number of nitrogens with zero attached hydrogens (tertiary/aromatic N) is 1. The van der Waals surface area contributed by atoms with Gasteiger partial charge in [-0.3, -0.25) is 0 Å². The molecule has 21 heavy (non-hydrogen) atoms. The number of methoxy groups -OCH3 is 1. The number of rotatable bonds is 8. The molecule has 6 nitrogen and oxygen atoms in total. The van der Waals surface area contributed by atoms with Gasteiger partial charge in [-0.15, -0.1) is 0 Å². The van der Waals surface area contributed by atoms with Crippen LogP contribution in [-0.4, -0.2) is 52.7 Å². The van der Waals surface area contributed by atoms with Crippen molar-refractivity contribution in [1.29, 1.82) is 0 Å². The molecule has 0 aliphatic rings. The number of sulfonamides is 1. The predicted molar refractivity (Wildman–Crippen MR) is 77.2 cm³/mol. The summed E-state index contributed by atoms with van der Waals surface area (Å²) < 4.78 is 49.8. The van der Waals surface area contributed by atoms with E-state index >= 15 is 0 Å². The number of benzene rings is 1. The van der Waals surface area contributed by atoms with E-state index in [1.54, 1.807) is 6.92 Å². The Morgan fingerprint density at radius 1 is 1.38 bits per heavy atom. The number of hydrogen-bond donors (Lipinski definition) is 1. The standard InChI is InChI=1S/C13H21FN2O4S/c1-10(9-15)16(2)21(17,18)13-8-11(14)4-5-12(13)20-7-6-19-3/h4-5,8,10H,6-7,9,15H2,1-3H3. The van der Waals surface area contributed by atoms with Gasteiger partial charge in [-0.2, -0.15) is 4.31 Å². The van der Waals surface area contributed by atoms with Crippen molar-refractivity contribution in [1.82, 2.24) is 4.31 Å². The van der Waals surface area contributed by atoms with E-state index in [2.05, 4.69) is 0 Å². The monoisotopic (exact) mass is 320 g/mol. The molecule has 0 amide bonds. The molecule has 0 aliphatic heterocycles. The smallest absolute Gasteiger partial charge is 0.246 e. The van der Waals surface area contributed by atoms with E-state index in [-0.39, 0.29) is 23.8 Å². The van der Waals surface area contributed by atoms with Crippen LogP contribution in [0.1, 0.15) is 6.92 Å². The summed E-state index contributed by atoms with van der Waals surface area (Å²) in [4.78, 5) is -0.221. The van der Waals surface area contributed by atoms with Crippen molar-refractivity contribution >= 4 is 10.0 Å². The molecule has 8 heteroatoms. The van der Waals surface area contributed by atoms with E-state index in [0.29, 0.717) is 6.61 Å². The summed E-state index contributed by atoms with van der Waals surface area (Å²) in [6.45, 7) is 2.29. The zero-order chi connectivity index (χ0) is 16.0. The molecule has 0 fully saturated rings. The minimum absolute atomic E-state index is 0.0875. The Morgan fingerprint density at radius 3 is 2.62 bits per heavy atom. The van der Waals surface area contributed by atoms with Crippen LogP contribution in [0.25, 0.3) is 0 Å². The first kappa shape index (κ1) is 17.8. The van der Waals surface area contributed by atoms with E-state index in [9.17, 15) is 12.8 Å². The third-order valence-corrected chi connectivity index (χ3v) is 5.06. The van der Waals surface area contributed by atoms with Gasteiger partial charge in [-0.05, 0) is 25.1 Å². The van der Waals surface area contributed by atoms with Gasteiger partial charge in [0.1, 0.15) is 23.1 Å². The number of likely N-dealkylation sites (N-methyl/N-ethyl adjacent to an activating group) is 1. The molecule has 2 N–H and O–H groups in total. The SMILES string of the molecule is COCCOc1ccc(F)cc1S(=O)(=O)N(C)C(C)CN. The summed E-state index contributed by atoms with van der Waals surface area (Å²) in [5.41, 5.74) is 5.49. The molecule has 0 bridgehead atoms. The van der Waals surface area contributed by atoms with Crippen molar-refractivity contribution in [3.05, 3.63) is 24.0 Å². The zero-order valence-corrected chi connectivity index (χ0v) is 13.2. The third kappa shape index (κ3) is 4.37. The zero-order valence-electron chi connectivity index (χ0n) is 12.4. The number of hydrogen-bond acceptors (Lipinski definition) is 5. The van der Waals surface area contributed by atoms with Gasteiger partial charge in [0.05, 0.1) is 6.61 Å². The highest BCUT2D eigenvalue weighted by Crippen LogP contribution is 2.28. The average Bonchev–Trinajstić information content (AvgIpc) is 2.47. The van der Waals surface area contributed by atoms with Crippen LogP contribution >= 0.6 is 0 Å². The summed E-state index contributed by atoms with van der Waals surface area (Å²) in [5.74, 6) is -0.564. The van der Waals surface area contributed by atoms with Crippen molar-refractivity contribution in [2.45, 2.75) is 17.9 Å². The molecule has 1 unspecified atom stereocenters. The van der Waals surface area contributed by atoms with Crippen molar-refractivity contribution in [3.63, 3.8) is 0 Å². The molecule has 120 valence electrons. The molecular weight excluding hydrogens is 299 g/mol. The Labute approximate surface area is 124 Å². The maximum atomic E-state index is 13.4. The van der Waals surface area contributed by atoms with Crippen LogP contribution in [0.5, 0.6) is 5.75 Å². The summed E-state index contributed by atoms with van der Waals surface area (Å²) in [6, 6.07) is 2.97. The highest BCUT2D eigenvalue weighted by molar-refractivity contribution is 7.89. The van der Waals surface area contributed by atoms with Crippen molar-refractivity contribution in [2.24, 2.45) is 5.73 Å². The fourth-order valence-corrected chi connectivity index (χ4v) is 3.09. The summed E-state index contributed by atoms with van der Waals surface area (Å²) in [6.07, 6.45) is 0. The number of halogens is 1. The lowest BCUT2D eigenvalue weighted by atomic mass is 10.3. The van der Waals surface area contributed by atoms with E-state index in [0.717, 1.165) is 16.4 Å². The van der Waals surface area contributed by atoms with Crippen LogP contribution in [0, 0.1) is 5.82 Å². The molecule has 0 spiro atoms. The second kappa shape index (κ2) is 7.69. The molecule has 0 heterocycles. The maximum absolute atomic E-state index is 13.4. The van der Waals surface area contributed by atoms with E-state index < -0.39 is 21.9 Å². The quantitative estimate of drug-likeness (QED) is 0.717. The van der Waals surface area contributed by atoms with Gasteiger partial charge < -0.3 is 15.2 Å². The van der Waals surface area contributed by atoms with Gasteiger partial charge in [0, 0.05) is 26.7 Å². The summed E-state index contributed by atoms with van der Waals surface area (Å²) >= 11 is 0. The highest BCUT2D eigenvalue weighted by Gasteiger charge is 2.28. The number of ether oxygens (including phenoxy) is 2. The molecule has 0 radical (unpaired) electrons. The van der Waals surface area contributed by atoms with Crippen molar-refractivity contribution in [3.8, 4) is 5.75 Å². The lowest BCUT2D eigenvalue weighted by Gasteiger charge is -2.24. The minimum atomic E-state index is -3.89. The van der Waals surface area contributed by atoms with Gasteiger partial charge >= 0.3 is 0 Å². The Hall–Kier alpha value is -1.22. The predicted octanol–water partition coefficient (Wildman–Crippen LogP) is 0.819. The molecule has 0 saturated heterocycles. The second-order valence-electron chi connectivity index (χ2n) is 4.54. The fraction of sp³-hybridized carbons (Fsp3) is 0.538. The first-order valence-electron chi connectivity index (χ1n) is 6.44. The Kier molecular flexibility index (Phi) is 6.53. The average molecular weight is 320 g/mol. The van der Waals surface area contributed by atoms with Crippen molar-refractivity contribution in [2.75, 3.05) is 33.9 Å². The molecule has 0 aromatic heterocycles. The maximum Gasteiger partial charge on any atom is 0.246 e. The Bertz CT molecular complexity index is 565. The van der Waals surface area contributed by atoms with Gasteiger partial charge in [0.2, 0.25) is 10.0 Å². The first-order chi connectivity index (χ1) is 9.84. The topological polar surface area (TPSA) is 81.9 Å². The molecule has 1 atom stereocenters. The molecule has 1 aromatic carbocycles. The molecule has 0 aliphatic carbocycles. The third-order valence-electron chi connectivity index (χ3n) is 3.07. The van der Waals surface area contributed by atoms with Crippen LogP contribution in [0.15, 0.2) is 23.1 Å². The van der Waals surface area contributed by atoms with Crippen LogP contribution in [0.4, 0.5) is 4.39 Å². The van der Waals surface area contributed by atoms with Crippen molar-refractivity contribution < 1.29 is 22.3 Å². The number of nitrogens with two attached hydrogens (primary N) is 1. The second-order valence-corrected chi connectivity index (χ2v) is 6.50. The lowest BCUT2D eigenvalue weighted by molar-refractivity contribution is 0.144. The van der Waals surface area contributed by atoms with E-state index in [1.807, 2.05) is 0 Å². The normalized spacial score (nSPS) is 13.4. The molecule has 1 aromatic rings. The molecular formula is C13H21FN2O4S. The van der Waals surface area contributed by atoms with Gasteiger partial charge in [0.25, 0.3) is 0 Å². The van der Waals surface area contributed by atoms with E-state index in [4.69, 9.17) is 15.2 Å². The molecule has 1 rings (SSSR count). The van der Waals surface area contributed by atoms with Crippen LogP contribution < -0.4 is 10.5 Å². The van der Waals surface area contributed by atoms with E-state index in [1.165, 1.54) is 20.2 Å². The Balaban J connectivity index is 3.17. The largest absolute Gasteiger partial charge is 0.490 e. The Morgan fingerprint density at radius 2 is 2.05 bits per heavy atom. The minimum Gasteiger partial charge on any atom is -0.490 e. The lowest BCUT2D eigenvalue weighted by Crippen LogP contribution is -2.39. The van der Waals surface area contributed by atoms with Gasteiger partial charge in [-0.25, -0.2) is 12.8 Å². The molecule has 0 saturated carbocycles. The van der Waals surface area contributed by atoms with Gasteiger partial charge in [0.15, 0.2) is 0 Å². The highest BCUT2D eigenvalue weighted by atomic mass is 32.2. The van der Waals surface area contributed by atoms with Crippen LogP contribution in [0.3, 0.4) is 0 Å². The van der Waals surface area contributed by atoms with Crippen LogP contribution in [0.2, 0.25) is 0 Å². The first-order valence-corrected chi connectivity index (χ1v) is 7.88.